The van der Waals surface area contributed by atoms with Crippen molar-refractivity contribution in [1.29, 1.82) is 0 Å². The number of aromatic nitrogens is 1. The van der Waals surface area contributed by atoms with Gasteiger partial charge in [-0.2, -0.15) is 0 Å². The minimum Gasteiger partial charge on any atom is -0.394 e. The molecule has 1 aromatic heterocycles. The second kappa shape index (κ2) is 4.94. The first kappa shape index (κ1) is 10.1. The molecule has 5 heteroatoms. The second-order valence-electron chi connectivity index (χ2n) is 2.63. The Hall–Kier alpha value is -0.940. The number of thiazole rings is 1. The molecule has 0 bridgehead atoms. The van der Waals surface area contributed by atoms with Crippen LogP contribution in [-0.2, 0) is 0 Å². The van der Waals surface area contributed by atoms with Crippen molar-refractivity contribution in [3.05, 3.63) is 16.6 Å². The zero-order valence-electron chi connectivity index (χ0n) is 7.36. The zero-order chi connectivity index (χ0) is 9.68. The summed E-state index contributed by atoms with van der Waals surface area (Å²) >= 11 is 1.38. The van der Waals surface area contributed by atoms with Crippen LogP contribution in [0.4, 0.5) is 0 Å². The van der Waals surface area contributed by atoms with Crippen LogP contribution in [0, 0.1) is 0 Å². The summed E-state index contributed by atoms with van der Waals surface area (Å²) in [4.78, 5) is 15.2. The van der Waals surface area contributed by atoms with Gasteiger partial charge in [-0.3, -0.25) is 4.79 Å². The summed E-state index contributed by atoms with van der Waals surface area (Å²) in [6, 6.07) is -0.172. The number of aliphatic hydroxyl groups excluding tert-OH is 1. The van der Waals surface area contributed by atoms with E-state index in [0.717, 1.165) is 0 Å². The summed E-state index contributed by atoms with van der Waals surface area (Å²) in [5, 5.41) is 13.2. The van der Waals surface area contributed by atoms with Crippen LogP contribution in [0.25, 0.3) is 0 Å². The van der Waals surface area contributed by atoms with Gasteiger partial charge < -0.3 is 10.4 Å². The van der Waals surface area contributed by atoms with Gasteiger partial charge in [-0.15, -0.1) is 11.3 Å². The van der Waals surface area contributed by atoms with Gasteiger partial charge in [0.2, 0.25) is 0 Å². The monoisotopic (exact) mass is 200 g/mol. The Morgan fingerprint density at radius 1 is 1.85 bits per heavy atom. The SMILES string of the molecule is CC[C@@H](CO)NC(=O)c1cscn1. The standard InChI is InChI=1S/C8H12N2O2S/c1-2-6(3-11)10-8(12)7-4-13-5-9-7/h4-6,11H,2-3H2,1H3,(H,10,12)/t6-/m0/s1. The number of carbonyl (C=O) groups excluding carboxylic acids is 1. The predicted molar refractivity (Wildman–Crippen MR) is 50.7 cm³/mol. The van der Waals surface area contributed by atoms with Crippen molar-refractivity contribution < 1.29 is 9.90 Å². The first-order chi connectivity index (χ1) is 6.27. The number of rotatable bonds is 4. The minimum atomic E-state index is -0.220. The van der Waals surface area contributed by atoms with Crippen molar-refractivity contribution in [1.82, 2.24) is 10.3 Å². The molecule has 0 aliphatic heterocycles. The van der Waals surface area contributed by atoms with Crippen LogP contribution in [0.15, 0.2) is 10.9 Å². The lowest BCUT2D eigenvalue weighted by Crippen LogP contribution is -2.37. The van der Waals surface area contributed by atoms with E-state index in [0.29, 0.717) is 12.1 Å². The molecule has 0 saturated carbocycles. The molecule has 0 fully saturated rings. The Kier molecular flexibility index (Phi) is 3.85. The summed E-state index contributed by atoms with van der Waals surface area (Å²) in [5.74, 6) is -0.220. The summed E-state index contributed by atoms with van der Waals surface area (Å²) < 4.78 is 0. The van der Waals surface area contributed by atoms with E-state index in [-0.39, 0.29) is 18.6 Å². The highest BCUT2D eigenvalue weighted by Gasteiger charge is 2.11. The molecule has 13 heavy (non-hydrogen) atoms. The third kappa shape index (κ3) is 2.78. The Morgan fingerprint density at radius 3 is 3.08 bits per heavy atom. The van der Waals surface area contributed by atoms with E-state index in [1.807, 2.05) is 6.92 Å². The van der Waals surface area contributed by atoms with Gasteiger partial charge in [0.1, 0.15) is 5.69 Å². The van der Waals surface area contributed by atoms with Gasteiger partial charge in [0.25, 0.3) is 5.91 Å². The van der Waals surface area contributed by atoms with Crippen molar-refractivity contribution in [3.63, 3.8) is 0 Å². The fourth-order valence-electron chi connectivity index (χ4n) is 0.861. The van der Waals surface area contributed by atoms with Crippen molar-refractivity contribution in [3.8, 4) is 0 Å². The van der Waals surface area contributed by atoms with Crippen LogP contribution in [0.3, 0.4) is 0 Å². The molecule has 1 aromatic rings. The molecule has 1 heterocycles. The predicted octanol–water partition coefficient (Wildman–Crippen LogP) is 0.644. The van der Waals surface area contributed by atoms with E-state index in [9.17, 15) is 4.79 Å². The number of amides is 1. The largest absolute Gasteiger partial charge is 0.394 e. The highest BCUT2D eigenvalue weighted by Crippen LogP contribution is 2.01. The van der Waals surface area contributed by atoms with Crippen molar-refractivity contribution in [2.45, 2.75) is 19.4 Å². The summed E-state index contributed by atoms with van der Waals surface area (Å²) in [6.45, 7) is 1.87. The molecule has 0 aliphatic carbocycles. The normalized spacial score (nSPS) is 12.5. The minimum absolute atomic E-state index is 0.0353. The van der Waals surface area contributed by atoms with Crippen LogP contribution in [0.5, 0.6) is 0 Å². The lowest BCUT2D eigenvalue weighted by atomic mass is 10.2. The maximum atomic E-state index is 11.4. The molecule has 0 radical (unpaired) electrons. The smallest absolute Gasteiger partial charge is 0.271 e. The van der Waals surface area contributed by atoms with Crippen LogP contribution in [0.2, 0.25) is 0 Å². The molecule has 0 spiro atoms. The summed E-state index contributed by atoms with van der Waals surface area (Å²) in [5.41, 5.74) is 2.02. The third-order valence-corrected chi connectivity index (χ3v) is 2.30. The molecular weight excluding hydrogens is 188 g/mol. The molecule has 1 amide bonds. The van der Waals surface area contributed by atoms with Crippen LogP contribution in [-0.4, -0.2) is 28.6 Å². The average Bonchev–Trinajstić information content (AvgIpc) is 2.66. The maximum absolute atomic E-state index is 11.4. The topological polar surface area (TPSA) is 62.2 Å². The molecule has 0 saturated heterocycles. The molecular formula is C8H12N2O2S. The fourth-order valence-corrected chi connectivity index (χ4v) is 1.39. The first-order valence-electron chi connectivity index (χ1n) is 4.07. The summed E-state index contributed by atoms with van der Waals surface area (Å²) in [6.07, 6.45) is 0.715. The van der Waals surface area contributed by atoms with E-state index in [2.05, 4.69) is 10.3 Å². The van der Waals surface area contributed by atoms with Gasteiger partial charge in [0.15, 0.2) is 0 Å². The number of nitrogens with zero attached hydrogens (tertiary/aromatic N) is 1. The molecule has 72 valence electrons. The van der Waals surface area contributed by atoms with Crippen molar-refractivity contribution in [2.24, 2.45) is 0 Å². The van der Waals surface area contributed by atoms with Crippen molar-refractivity contribution in [2.75, 3.05) is 6.61 Å². The number of aliphatic hydroxyl groups is 1. The van der Waals surface area contributed by atoms with Gasteiger partial charge in [0, 0.05) is 5.38 Å². The molecule has 0 unspecified atom stereocenters. The molecule has 1 rings (SSSR count). The lowest BCUT2D eigenvalue weighted by molar-refractivity contribution is 0.0910. The molecule has 0 aromatic carbocycles. The van der Waals surface area contributed by atoms with Crippen LogP contribution >= 0.6 is 11.3 Å². The van der Waals surface area contributed by atoms with E-state index in [4.69, 9.17) is 5.11 Å². The second-order valence-corrected chi connectivity index (χ2v) is 3.35. The van der Waals surface area contributed by atoms with Gasteiger partial charge in [-0.05, 0) is 6.42 Å². The summed E-state index contributed by atoms with van der Waals surface area (Å²) in [7, 11) is 0. The molecule has 4 nitrogen and oxygen atoms in total. The molecule has 2 N–H and O–H groups in total. The van der Waals surface area contributed by atoms with Gasteiger partial charge in [0.05, 0.1) is 18.2 Å². The Bertz CT molecular complexity index is 257. The van der Waals surface area contributed by atoms with Gasteiger partial charge >= 0.3 is 0 Å². The first-order valence-corrected chi connectivity index (χ1v) is 5.02. The van der Waals surface area contributed by atoms with E-state index >= 15 is 0 Å². The highest BCUT2D eigenvalue weighted by molar-refractivity contribution is 7.07. The van der Waals surface area contributed by atoms with Crippen LogP contribution < -0.4 is 5.32 Å². The molecule has 0 aliphatic rings. The van der Waals surface area contributed by atoms with E-state index in [1.54, 1.807) is 10.9 Å². The number of carbonyl (C=O) groups is 1. The number of hydrogen-bond acceptors (Lipinski definition) is 4. The molecule has 1 atom stereocenters. The average molecular weight is 200 g/mol. The number of hydrogen-bond donors (Lipinski definition) is 2. The zero-order valence-corrected chi connectivity index (χ0v) is 8.17. The Labute approximate surface area is 80.6 Å². The quantitative estimate of drug-likeness (QED) is 0.750. The van der Waals surface area contributed by atoms with Crippen LogP contribution in [0.1, 0.15) is 23.8 Å². The van der Waals surface area contributed by atoms with Crippen molar-refractivity contribution >= 4 is 17.2 Å². The highest BCUT2D eigenvalue weighted by atomic mass is 32.1. The van der Waals surface area contributed by atoms with Gasteiger partial charge in [-0.1, -0.05) is 6.92 Å². The Balaban J connectivity index is 2.50. The number of nitrogens with one attached hydrogen (secondary N) is 1. The van der Waals surface area contributed by atoms with Gasteiger partial charge in [-0.25, -0.2) is 4.98 Å². The Morgan fingerprint density at radius 2 is 2.62 bits per heavy atom. The van der Waals surface area contributed by atoms with E-state index in [1.165, 1.54) is 11.3 Å². The fraction of sp³-hybridized carbons (Fsp3) is 0.500. The lowest BCUT2D eigenvalue weighted by Gasteiger charge is -2.12. The third-order valence-electron chi connectivity index (χ3n) is 1.71. The van der Waals surface area contributed by atoms with E-state index < -0.39 is 0 Å². The maximum Gasteiger partial charge on any atom is 0.271 e.